The molecular weight excluding hydrogens is 402 g/mol. The van der Waals surface area contributed by atoms with E-state index in [0.717, 1.165) is 44.9 Å². The second-order valence-electron chi connectivity index (χ2n) is 7.88. The number of anilines is 1. The number of aromatic nitrogens is 3. The lowest BCUT2D eigenvalue weighted by atomic mass is 9.96. The molecule has 4 rings (SSSR count). The van der Waals surface area contributed by atoms with Crippen LogP contribution in [0.3, 0.4) is 0 Å². The summed E-state index contributed by atoms with van der Waals surface area (Å²) in [4.78, 5) is 27.5. The van der Waals surface area contributed by atoms with Crippen LogP contribution < -0.4 is 11.1 Å². The maximum atomic E-state index is 12.7. The summed E-state index contributed by atoms with van der Waals surface area (Å²) in [5.41, 5.74) is 11.8. The fraction of sp³-hybridized carbons (Fsp3) is 0.200. The van der Waals surface area contributed by atoms with E-state index in [1.54, 1.807) is 23.3 Å². The van der Waals surface area contributed by atoms with Crippen LogP contribution in [0.5, 0.6) is 0 Å². The summed E-state index contributed by atoms with van der Waals surface area (Å²) in [6, 6.07) is 11.8. The molecule has 162 valence electrons. The van der Waals surface area contributed by atoms with Gasteiger partial charge in [-0.25, -0.2) is 4.98 Å². The van der Waals surface area contributed by atoms with Crippen molar-refractivity contribution in [1.82, 2.24) is 20.1 Å². The molecule has 0 bridgehead atoms. The topological polar surface area (TPSA) is 103 Å². The molecule has 3 N–H and O–H groups in total. The molecule has 0 saturated carbocycles. The van der Waals surface area contributed by atoms with Crippen LogP contribution in [0.4, 0.5) is 5.82 Å². The van der Waals surface area contributed by atoms with Crippen LogP contribution >= 0.6 is 0 Å². The molecule has 0 fully saturated rings. The highest BCUT2D eigenvalue weighted by atomic mass is 16.1. The minimum Gasteiger partial charge on any atom is -0.383 e. The third-order valence-electron chi connectivity index (χ3n) is 5.72. The molecule has 0 unspecified atom stereocenters. The Kier molecular flexibility index (Phi) is 5.98. The van der Waals surface area contributed by atoms with Gasteiger partial charge >= 0.3 is 0 Å². The van der Waals surface area contributed by atoms with E-state index in [2.05, 4.69) is 15.4 Å². The number of benzene rings is 2. The maximum Gasteiger partial charge on any atom is 0.254 e. The number of fused-ring (bicyclic) bond motifs is 1. The molecule has 1 amide bonds. The zero-order chi connectivity index (χ0) is 22.7. The highest BCUT2D eigenvalue weighted by molar-refractivity contribution is 5.95. The van der Waals surface area contributed by atoms with Crippen molar-refractivity contribution < 1.29 is 9.59 Å². The first-order valence-corrected chi connectivity index (χ1v) is 10.4. The van der Waals surface area contributed by atoms with Crippen LogP contribution in [0.2, 0.25) is 0 Å². The number of hydrogen-bond acceptors (Lipinski definition) is 5. The number of aryl methyl sites for hydroxylation is 2. The zero-order valence-electron chi connectivity index (χ0n) is 18.1. The number of hydrogen-bond donors (Lipinski definition) is 2. The van der Waals surface area contributed by atoms with Gasteiger partial charge in [0, 0.05) is 30.7 Å². The van der Waals surface area contributed by atoms with E-state index < -0.39 is 0 Å². The standard InChI is InChI=1S/C25H25N5O2/c1-16-11-22-21(7-9-27-24(22)26)17(2)23(16)13-28-25(32)20-12-29-30(15-20)14-19-5-3-18(4-6-19)8-10-31/h3-7,9-12,15H,8,13-14H2,1-2H3,(H2,26,27)(H,28,32). The van der Waals surface area contributed by atoms with Crippen molar-refractivity contribution in [1.29, 1.82) is 0 Å². The highest BCUT2D eigenvalue weighted by Crippen LogP contribution is 2.27. The zero-order valence-corrected chi connectivity index (χ0v) is 18.1. The molecule has 0 aliphatic heterocycles. The molecule has 2 aromatic heterocycles. The van der Waals surface area contributed by atoms with E-state index >= 15 is 0 Å². The fourth-order valence-electron chi connectivity index (χ4n) is 3.90. The van der Waals surface area contributed by atoms with Gasteiger partial charge in [0.1, 0.15) is 12.1 Å². The molecule has 2 heterocycles. The molecule has 0 spiro atoms. The lowest BCUT2D eigenvalue weighted by Gasteiger charge is -2.14. The molecule has 4 aromatic rings. The normalized spacial score (nSPS) is 10.9. The SMILES string of the molecule is Cc1cc2c(N)nccc2c(C)c1CNC(=O)c1cnn(Cc2ccc(CC=O)cc2)c1. The van der Waals surface area contributed by atoms with Crippen LogP contribution in [0.15, 0.2) is 55.0 Å². The van der Waals surface area contributed by atoms with Gasteiger partial charge in [0.15, 0.2) is 0 Å². The van der Waals surface area contributed by atoms with Crippen molar-refractivity contribution in [2.24, 2.45) is 0 Å². The van der Waals surface area contributed by atoms with Crippen molar-refractivity contribution >= 4 is 28.8 Å². The average Bonchev–Trinajstić information content (AvgIpc) is 3.24. The molecule has 0 aliphatic carbocycles. The van der Waals surface area contributed by atoms with Crippen LogP contribution in [0.25, 0.3) is 10.8 Å². The van der Waals surface area contributed by atoms with E-state index in [0.29, 0.717) is 30.9 Å². The van der Waals surface area contributed by atoms with Gasteiger partial charge in [0.05, 0.1) is 18.3 Å². The highest BCUT2D eigenvalue weighted by Gasteiger charge is 2.13. The summed E-state index contributed by atoms with van der Waals surface area (Å²) in [6.45, 7) is 5.01. The van der Waals surface area contributed by atoms with E-state index in [1.807, 2.05) is 50.2 Å². The monoisotopic (exact) mass is 427 g/mol. The largest absolute Gasteiger partial charge is 0.383 e. The summed E-state index contributed by atoms with van der Waals surface area (Å²) in [5, 5.41) is 9.28. The molecule has 2 aromatic carbocycles. The molecule has 0 atom stereocenters. The molecule has 0 aliphatic rings. The number of nitrogen functional groups attached to an aromatic ring is 1. The molecule has 32 heavy (non-hydrogen) atoms. The van der Waals surface area contributed by atoms with Crippen molar-refractivity contribution in [3.63, 3.8) is 0 Å². The Morgan fingerprint density at radius 3 is 2.62 bits per heavy atom. The first-order valence-electron chi connectivity index (χ1n) is 10.4. The number of rotatable bonds is 7. The number of carbonyl (C=O) groups is 2. The Morgan fingerprint density at radius 1 is 1.12 bits per heavy atom. The number of carbonyl (C=O) groups excluding carboxylic acids is 2. The predicted octanol–water partition coefficient (Wildman–Crippen LogP) is 3.35. The number of amides is 1. The van der Waals surface area contributed by atoms with Gasteiger partial charge in [-0.15, -0.1) is 0 Å². The van der Waals surface area contributed by atoms with Crippen LogP contribution in [-0.4, -0.2) is 27.0 Å². The summed E-state index contributed by atoms with van der Waals surface area (Å²) in [6.07, 6.45) is 6.31. The smallest absolute Gasteiger partial charge is 0.254 e. The van der Waals surface area contributed by atoms with Gasteiger partial charge in [0.2, 0.25) is 0 Å². The second-order valence-corrected chi connectivity index (χ2v) is 7.88. The first-order chi connectivity index (χ1) is 15.5. The second kappa shape index (κ2) is 9.01. The number of nitrogens with one attached hydrogen (secondary N) is 1. The third-order valence-corrected chi connectivity index (χ3v) is 5.72. The van der Waals surface area contributed by atoms with Gasteiger partial charge in [-0.05, 0) is 59.2 Å². The molecule has 0 radical (unpaired) electrons. The molecular formula is C25H25N5O2. The Labute approximate surface area is 186 Å². The lowest BCUT2D eigenvalue weighted by molar-refractivity contribution is -0.107. The Hall–Kier alpha value is -4.00. The van der Waals surface area contributed by atoms with E-state index in [1.165, 1.54) is 0 Å². The number of aldehydes is 1. The Morgan fingerprint density at radius 2 is 1.88 bits per heavy atom. The average molecular weight is 428 g/mol. The minimum absolute atomic E-state index is 0.175. The van der Waals surface area contributed by atoms with Crippen molar-refractivity contribution in [3.8, 4) is 0 Å². The lowest BCUT2D eigenvalue weighted by Crippen LogP contribution is -2.23. The van der Waals surface area contributed by atoms with Gasteiger partial charge in [-0.3, -0.25) is 9.48 Å². The van der Waals surface area contributed by atoms with E-state index in [4.69, 9.17) is 5.73 Å². The van der Waals surface area contributed by atoms with Gasteiger partial charge in [0.25, 0.3) is 5.91 Å². The number of nitrogens with two attached hydrogens (primary N) is 1. The summed E-state index contributed by atoms with van der Waals surface area (Å²) < 4.78 is 1.73. The van der Waals surface area contributed by atoms with Crippen molar-refractivity contribution in [2.45, 2.75) is 33.4 Å². The molecule has 7 heteroatoms. The van der Waals surface area contributed by atoms with Gasteiger partial charge in [-0.2, -0.15) is 5.10 Å². The van der Waals surface area contributed by atoms with Crippen LogP contribution in [0, 0.1) is 13.8 Å². The van der Waals surface area contributed by atoms with Crippen molar-refractivity contribution in [2.75, 3.05) is 5.73 Å². The molecule has 0 saturated heterocycles. The third kappa shape index (κ3) is 4.37. The maximum absolute atomic E-state index is 12.7. The molecule has 7 nitrogen and oxygen atoms in total. The van der Waals surface area contributed by atoms with Gasteiger partial charge in [-0.1, -0.05) is 24.3 Å². The van der Waals surface area contributed by atoms with E-state index in [9.17, 15) is 9.59 Å². The van der Waals surface area contributed by atoms with Gasteiger partial charge < -0.3 is 15.8 Å². The fourth-order valence-corrected chi connectivity index (χ4v) is 3.90. The van der Waals surface area contributed by atoms with E-state index in [-0.39, 0.29) is 5.91 Å². The summed E-state index contributed by atoms with van der Waals surface area (Å²) in [5.74, 6) is 0.334. The van der Waals surface area contributed by atoms with Crippen LogP contribution in [-0.2, 0) is 24.3 Å². The minimum atomic E-state index is -0.175. The first kappa shape index (κ1) is 21.2. The summed E-state index contributed by atoms with van der Waals surface area (Å²) >= 11 is 0. The number of nitrogens with zero attached hydrogens (tertiary/aromatic N) is 3. The Bertz CT molecular complexity index is 1290. The number of pyridine rings is 1. The summed E-state index contributed by atoms with van der Waals surface area (Å²) in [7, 11) is 0. The quantitative estimate of drug-likeness (QED) is 0.440. The van der Waals surface area contributed by atoms with Crippen LogP contribution in [0.1, 0.15) is 38.2 Å². The Balaban J connectivity index is 1.44. The van der Waals surface area contributed by atoms with Crippen molar-refractivity contribution in [3.05, 3.63) is 88.4 Å². The predicted molar refractivity (Wildman–Crippen MR) is 124 cm³/mol.